The molecule has 0 spiro atoms. The van der Waals surface area contributed by atoms with Crippen LogP contribution in [-0.2, 0) is 0 Å². The van der Waals surface area contributed by atoms with Crippen LogP contribution in [-0.4, -0.2) is 11.7 Å². The quantitative estimate of drug-likeness (QED) is 0.743. The van der Waals surface area contributed by atoms with Crippen LogP contribution in [0.25, 0.3) is 0 Å². The lowest BCUT2D eigenvalue weighted by Crippen LogP contribution is -2.43. The van der Waals surface area contributed by atoms with Gasteiger partial charge < -0.3 is 5.73 Å². The van der Waals surface area contributed by atoms with Gasteiger partial charge in [0.15, 0.2) is 0 Å². The summed E-state index contributed by atoms with van der Waals surface area (Å²) in [5.74, 6) is 2.37. The van der Waals surface area contributed by atoms with Gasteiger partial charge in [-0.2, -0.15) is 0 Å². The van der Waals surface area contributed by atoms with Gasteiger partial charge in [-0.05, 0) is 57.3 Å². The van der Waals surface area contributed by atoms with Crippen molar-refractivity contribution in [2.45, 2.75) is 57.7 Å². The molecule has 0 aromatic rings. The molecule has 1 nitrogen and oxygen atoms in total. The molecule has 2 aliphatic carbocycles. The molecular formula is C12H22FN. The summed E-state index contributed by atoms with van der Waals surface area (Å²) in [6.07, 6.45) is 5.23. The topological polar surface area (TPSA) is 26.0 Å². The Balaban J connectivity index is 1.87. The van der Waals surface area contributed by atoms with Crippen molar-refractivity contribution in [3.8, 4) is 0 Å². The van der Waals surface area contributed by atoms with E-state index in [2.05, 4.69) is 0 Å². The maximum atomic E-state index is 13.8. The second kappa shape index (κ2) is 3.48. The standard InChI is InChI=1S/C12H22FN/c1-12(2,14)11(13)7-10-6-8-3-4-9(10)5-8/h8-11H,3-7,14H2,1-2H3. The first-order valence-corrected chi connectivity index (χ1v) is 5.89. The van der Waals surface area contributed by atoms with Crippen molar-refractivity contribution in [2.24, 2.45) is 23.5 Å². The molecule has 0 aromatic carbocycles. The van der Waals surface area contributed by atoms with Gasteiger partial charge >= 0.3 is 0 Å². The summed E-state index contributed by atoms with van der Waals surface area (Å²) in [6, 6.07) is 0. The fraction of sp³-hybridized carbons (Fsp3) is 1.00. The zero-order valence-corrected chi connectivity index (χ0v) is 9.30. The highest BCUT2D eigenvalue weighted by atomic mass is 19.1. The predicted octanol–water partition coefficient (Wildman–Crippen LogP) is 2.89. The molecule has 0 heterocycles. The highest BCUT2D eigenvalue weighted by Crippen LogP contribution is 2.50. The average molecular weight is 199 g/mol. The lowest BCUT2D eigenvalue weighted by atomic mass is 9.82. The van der Waals surface area contributed by atoms with Crippen LogP contribution in [0.3, 0.4) is 0 Å². The van der Waals surface area contributed by atoms with E-state index in [1.807, 2.05) is 0 Å². The van der Waals surface area contributed by atoms with Crippen LogP contribution in [0.4, 0.5) is 4.39 Å². The number of hydrogen-bond acceptors (Lipinski definition) is 1. The van der Waals surface area contributed by atoms with Gasteiger partial charge in [-0.15, -0.1) is 0 Å². The van der Waals surface area contributed by atoms with Crippen molar-refractivity contribution in [1.82, 2.24) is 0 Å². The summed E-state index contributed by atoms with van der Waals surface area (Å²) in [5.41, 5.74) is 5.13. The minimum absolute atomic E-state index is 0.631. The lowest BCUT2D eigenvalue weighted by molar-refractivity contribution is 0.155. The molecule has 2 heteroatoms. The molecule has 0 aliphatic heterocycles. The monoisotopic (exact) mass is 199 g/mol. The molecule has 0 amide bonds. The van der Waals surface area contributed by atoms with E-state index in [1.54, 1.807) is 13.8 Å². The molecular weight excluding hydrogens is 177 g/mol. The Morgan fingerprint density at radius 3 is 2.50 bits per heavy atom. The molecule has 2 aliphatic rings. The minimum Gasteiger partial charge on any atom is -0.323 e. The molecule has 2 N–H and O–H groups in total. The van der Waals surface area contributed by atoms with Crippen LogP contribution in [0, 0.1) is 17.8 Å². The van der Waals surface area contributed by atoms with E-state index in [0.29, 0.717) is 12.3 Å². The smallest absolute Gasteiger partial charge is 0.118 e. The number of hydrogen-bond donors (Lipinski definition) is 1. The Labute approximate surface area is 86.2 Å². The molecule has 4 unspecified atom stereocenters. The van der Waals surface area contributed by atoms with Crippen molar-refractivity contribution in [3.63, 3.8) is 0 Å². The zero-order chi connectivity index (χ0) is 10.3. The van der Waals surface area contributed by atoms with E-state index in [0.717, 1.165) is 11.8 Å². The molecule has 2 saturated carbocycles. The molecule has 82 valence electrons. The second-order valence-corrected chi connectivity index (χ2v) is 5.96. The number of rotatable bonds is 3. The van der Waals surface area contributed by atoms with Crippen LogP contribution in [0.1, 0.15) is 46.0 Å². The molecule has 4 atom stereocenters. The number of halogens is 1. The van der Waals surface area contributed by atoms with E-state index in [-0.39, 0.29) is 0 Å². The summed E-state index contributed by atoms with van der Waals surface area (Å²) in [7, 11) is 0. The van der Waals surface area contributed by atoms with Gasteiger partial charge in [-0.25, -0.2) is 4.39 Å². The highest BCUT2D eigenvalue weighted by Gasteiger charge is 2.41. The summed E-state index contributed by atoms with van der Waals surface area (Å²) in [5, 5.41) is 0. The van der Waals surface area contributed by atoms with Crippen molar-refractivity contribution in [2.75, 3.05) is 0 Å². The SMILES string of the molecule is CC(C)(N)C(F)CC1CC2CCC1C2. The molecule has 2 rings (SSSR count). The summed E-state index contributed by atoms with van der Waals surface area (Å²) < 4.78 is 13.8. The summed E-state index contributed by atoms with van der Waals surface area (Å²) >= 11 is 0. The third-order valence-electron chi connectivity index (χ3n) is 4.20. The fourth-order valence-electron chi connectivity index (χ4n) is 3.23. The number of fused-ring (bicyclic) bond motifs is 2. The van der Waals surface area contributed by atoms with Gasteiger partial charge in [0.05, 0.1) is 0 Å². The normalized spacial score (nSPS) is 39.0. The van der Waals surface area contributed by atoms with Gasteiger partial charge in [0.25, 0.3) is 0 Å². The first kappa shape index (κ1) is 10.4. The van der Waals surface area contributed by atoms with Crippen molar-refractivity contribution in [1.29, 1.82) is 0 Å². The first-order valence-electron chi connectivity index (χ1n) is 5.89. The summed E-state index contributed by atoms with van der Waals surface area (Å²) in [6.45, 7) is 3.59. The third-order valence-corrected chi connectivity index (χ3v) is 4.20. The first-order chi connectivity index (χ1) is 6.47. The highest BCUT2D eigenvalue weighted by molar-refractivity contribution is 4.93. The van der Waals surface area contributed by atoms with Crippen LogP contribution in [0.15, 0.2) is 0 Å². The van der Waals surface area contributed by atoms with Gasteiger partial charge in [0, 0.05) is 5.54 Å². The Morgan fingerprint density at radius 2 is 2.07 bits per heavy atom. The van der Waals surface area contributed by atoms with Crippen LogP contribution in [0.5, 0.6) is 0 Å². The second-order valence-electron chi connectivity index (χ2n) is 5.96. The molecule has 2 bridgehead atoms. The lowest BCUT2D eigenvalue weighted by Gasteiger charge is -2.29. The molecule has 0 radical (unpaired) electrons. The Bertz CT molecular complexity index is 209. The van der Waals surface area contributed by atoms with Crippen molar-refractivity contribution < 1.29 is 4.39 Å². The Hall–Kier alpha value is -0.110. The van der Waals surface area contributed by atoms with E-state index >= 15 is 0 Å². The van der Waals surface area contributed by atoms with Crippen LogP contribution < -0.4 is 5.73 Å². The Kier molecular flexibility index (Phi) is 2.59. The van der Waals surface area contributed by atoms with Crippen LogP contribution in [0.2, 0.25) is 0 Å². The maximum absolute atomic E-state index is 13.8. The number of alkyl halides is 1. The van der Waals surface area contributed by atoms with E-state index in [4.69, 9.17) is 5.73 Å². The van der Waals surface area contributed by atoms with Gasteiger partial charge in [0.1, 0.15) is 6.17 Å². The van der Waals surface area contributed by atoms with Gasteiger partial charge in [0.2, 0.25) is 0 Å². The van der Waals surface area contributed by atoms with E-state index < -0.39 is 11.7 Å². The predicted molar refractivity (Wildman–Crippen MR) is 56.7 cm³/mol. The minimum atomic E-state index is -0.827. The van der Waals surface area contributed by atoms with Crippen LogP contribution >= 0.6 is 0 Å². The fourth-order valence-corrected chi connectivity index (χ4v) is 3.23. The van der Waals surface area contributed by atoms with Crippen molar-refractivity contribution >= 4 is 0 Å². The largest absolute Gasteiger partial charge is 0.323 e. The third kappa shape index (κ3) is 1.95. The maximum Gasteiger partial charge on any atom is 0.118 e. The average Bonchev–Trinajstić information content (AvgIpc) is 2.62. The van der Waals surface area contributed by atoms with E-state index in [1.165, 1.54) is 25.7 Å². The van der Waals surface area contributed by atoms with Crippen molar-refractivity contribution in [3.05, 3.63) is 0 Å². The number of nitrogens with two attached hydrogens (primary N) is 1. The molecule has 2 fully saturated rings. The molecule has 0 saturated heterocycles. The van der Waals surface area contributed by atoms with Gasteiger partial charge in [-0.1, -0.05) is 6.42 Å². The van der Waals surface area contributed by atoms with E-state index in [9.17, 15) is 4.39 Å². The Morgan fingerprint density at radius 1 is 1.36 bits per heavy atom. The molecule has 0 aromatic heterocycles. The van der Waals surface area contributed by atoms with Gasteiger partial charge in [-0.3, -0.25) is 0 Å². The molecule has 14 heavy (non-hydrogen) atoms. The summed E-state index contributed by atoms with van der Waals surface area (Å²) in [4.78, 5) is 0. The zero-order valence-electron chi connectivity index (χ0n) is 9.30.